The Labute approximate surface area is 167 Å². The minimum Gasteiger partial charge on any atom is -0.493 e. The summed E-state index contributed by atoms with van der Waals surface area (Å²) in [7, 11) is 0. The van der Waals surface area contributed by atoms with Crippen LogP contribution in [0.5, 0.6) is 5.75 Å². The number of aryl methyl sites for hydroxylation is 2. The fourth-order valence-corrected chi connectivity index (χ4v) is 3.86. The van der Waals surface area contributed by atoms with E-state index < -0.39 is 5.60 Å². The second-order valence-electron chi connectivity index (χ2n) is 8.92. The molecule has 2 aliphatic rings. The lowest BCUT2D eigenvalue weighted by molar-refractivity contribution is -0.00781. The second kappa shape index (κ2) is 7.50. The van der Waals surface area contributed by atoms with Crippen LogP contribution in [0.4, 0.5) is 4.79 Å². The van der Waals surface area contributed by atoms with Gasteiger partial charge in [-0.3, -0.25) is 0 Å². The molecule has 0 bridgehead atoms. The number of amides is 1. The molecule has 4 rings (SSSR count). The molecule has 1 saturated heterocycles. The molecule has 2 aromatic rings. The molecule has 1 aliphatic heterocycles. The van der Waals surface area contributed by atoms with Crippen molar-refractivity contribution in [2.75, 3.05) is 19.7 Å². The summed E-state index contributed by atoms with van der Waals surface area (Å²) < 4.78 is 11.3. The van der Waals surface area contributed by atoms with Crippen molar-refractivity contribution in [2.45, 2.75) is 45.6 Å². The van der Waals surface area contributed by atoms with Gasteiger partial charge in [0.25, 0.3) is 0 Å². The Morgan fingerprint density at radius 3 is 2.39 bits per heavy atom. The molecule has 1 amide bonds. The fraction of sp³-hybridized carbons (Fsp3) is 0.458. The molecular formula is C24H29NO3. The number of rotatable bonds is 4. The maximum Gasteiger partial charge on any atom is 0.410 e. The first-order chi connectivity index (χ1) is 13.4. The summed E-state index contributed by atoms with van der Waals surface area (Å²) in [4.78, 5) is 13.7. The minimum absolute atomic E-state index is 0.234. The highest BCUT2D eigenvalue weighted by atomic mass is 16.6. The maximum atomic E-state index is 12.0. The number of benzene rings is 2. The molecule has 1 aliphatic carbocycles. The Morgan fingerprint density at radius 2 is 1.68 bits per heavy atom. The number of hydrogen-bond acceptors (Lipinski definition) is 3. The lowest BCUT2D eigenvalue weighted by atomic mass is 10.0. The van der Waals surface area contributed by atoms with Gasteiger partial charge in [0.1, 0.15) is 11.4 Å². The molecule has 0 N–H and O–H groups in total. The van der Waals surface area contributed by atoms with Crippen LogP contribution >= 0.6 is 0 Å². The standard InChI is InChI=1S/C24H29NO3/c1-24(2,3)28-23(26)25-14-17(15-25)16-27-22-11-9-19(10-12-22)21-8-7-18-5-4-6-20(18)13-21/h7-13,17H,4-6,14-16H2,1-3H3. The largest absolute Gasteiger partial charge is 0.493 e. The van der Waals surface area contributed by atoms with Crippen molar-refractivity contribution >= 4 is 6.09 Å². The average Bonchev–Trinajstić information content (AvgIpc) is 3.07. The van der Waals surface area contributed by atoms with Crippen molar-refractivity contribution in [3.63, 3.8) is 0 Å². The van der Waals surface area contributed by atoms with E-state index in [1.165, 1.54) is 41.5 Å². The Balaban J connectivity index is 1.26. The maximum absolute atomic E-state index is 12.0. The van der Waals surface area contributed by atoms with Crippen LogP contribution in [0.3, 0.4) is 0 Å². The van der Waals surface area contributed by atoms with Crippen molar-refractivity contribution in [3.8, 4) is 16.9 Å². The van der Waals surface area contributed by atoms with Crippen molar-refractivity contribution in [1.82, 2.24) is 4.90 Å². The van der Waals surface area contributed by atoms with Crippen LogP contribution in [-0.2, 0) is 17.6 Å². The molecule has 0 atom stereocenters. The van der Waals surface area contributed by atoms with Crippen LogP contribution in [-0.4, -0.2) is 36.3 Å². The van der Waals surface area contributed by atoms with E-state index in [1.807, 2.05) is 32.9 Å². The number of likely N-dealkylation sites (tertiary alicyclic amines) is 1. The molecule has 148 valence electrons. The van der Waals surface area contributed by atoms with Gasteiger partial charge in [-0.15, -0.1) is 0 Å². The first kappa shape index (κ1) is 18.9. The molecule has 1 heterocycles. The van der Waals surface area contributed by atoms with Gasteiger partial charge in [-0.05, 0) is 74.4 Å². The lowest BCUT2D eigenvalue weighted by Crippen LogP contribution is -2.53. The van der Waals surface area contributed by atoms with Crippen molar-refractivity contribution < 1.29 is 14.3 Å². The van der Waals surface area contributed by atoms with Crippen LogP contribution in [0.25, 0.3) is 11.1 Å². The van der Waals surface area contributed by atoms with E-state index in [1.54, 1.807) is 4.90 Å². The molecule has 4 heteroatoms. The molecule has 2 aromatic carbocycles. The lowest BCUT2D eigenvalue weighted by Gasteiger charge is -2.39. The first-order valence-electron chi connectivity index (χ1n) is 10.2. The van der Waals surface area contributed by atoms with E-state index in [0.717, 1.165) is 5.75 Å². The smallest absolute Gasteiger partial charge is 0.410 e. The highest BCUT2D eigenvalue weighted by Crippen LogP contribution is 2.29. The average molecular weight is 380 g/mol. The number of carbonyl (C=O) groups excluding carboxylic acids is 1. The van der Waals surface area contributed by atoms with Gasteiger partial charge < -0.3 is 14.4 Å². The van der Waals surface area contributed by atoms with E-state index in [4.69, 9.17) is 9.47 Å². The number of carbonyl (C=O) groups is 1. The van der Waals surface area contributed by atoms with Gasteiger partial charge in [0, 0.05) is 19.0 Å². The van der Waals surface area contributed by atoms with E-state index in [0.29, 0.717) is 25.6 Å². The SMILES string of the molecule is CC(C)(C)OC(=O)N1CC(COc2ccc(-c3ccc4c(c3)CCC4)cc2)C1. The Bertz CT molecular complexity index is 845. The highest BCUT2D eigenvalue weighted by Gasteiger charge is 2.34. The molecule has 0 saturated carbocycles. The van der Waals surface area contributed by atoms with Crippen LogP contribution in [0.2, 0.25) is 0 Å². The van der Waals surface area contributed by atoms with Gasteiger partial charge in [-0.1, -0.05) is 30.3 Å². The monoisotopic (exact) mass is 379 g/mol. The Hall–Kier alpha value is -2.49. The van der Waals surface area contributed by atoms with Gasteiger partial charge in [0.15, 0.2) is 0 Å². The third-order valence-corrected chi connectivity index (χ3v) is 5.38. The predicted molar refractivity (Wildman–Crippen MR) is 111 cm³/mol. The summed E-state index contributed by atoms with van der Waals surface area (Å²) in [5.74, 6) is 1.24. The van der Waals surface area contributed by atoms with E-state index in [9.17, 15) is 4.79 Å². The third-order valence-electron chi connectivity index (χ3n) is 5.38. The van der Waals surface area contributed by atoms with Gasteiger partial charge in [-0.25, -0.2) is 4.79 Å². The van der Waals surface area contributed by atoms with E-state index >= 15 is 0 Å². The van der Waals surface area contributed by atoms with Crippen LogP contribution in [0.15, 0.2) is 42.5 Å². The van der Waals surface area contributed by atoms with E-state index in [2.05, 4.69) is 30.3 Å². The molecule has 4 nitrogen and oxygen atoms in total. The predicted octanol–water partition coefficient (Wildman–Crippen LogP) is 5.09. The number of nitrogens with zero attached hydrogens (tertiary/aromatic N) is 1. The topological polar surface area (TPSA) is 38.8 Å². The summed E-state index contributed by atoms with van der Waals surface area (Å²) in [5, 5.41) is 0. The third kappa shape index (κ3) is 4.32. The summed E-state index contributed by atoms with van der Waals surface area (Å²) in [6.07, 6.45) is 3.46. The quantitative estimate of drug-likeness (QED) is 0.743. The molecule has 0 aromatic heterocycles. The summed E-state index contributed by atoms with van der Waals surface area (Å²) >= 11 is 0. The summed E-state index contributed by atoms with van der Waals surface area (Å²) in [6, 6.07) is 15.1. The van der Waals surface area contributed by atoms with Gasteiger partial charge >= 0.3 is 6.09 Å². The molecular weight excluding hydrogens is 350 g/mol. The van der Waals surface area contributed by atoms with Crippen molar-refractivity contribution in [2.24, 2.45) is 5.92 Å². The van der Waals surface area contributed by atoms with Crippen LogP contribution in [0.1, 0.15) is 38.3 Å². The van der Waals surface area contributed by atoms with Gasteiger partial charge in [0.2, 0.25) is 0 Å². The zero-order valence-electron chi connectivity index (χ0n) is 17.0. The molecule has 0 spiro atoms. The molecule has 28 heavy (non-hydrogen) atoms. The first-order valence-corrected chi connectivity index (χ1v) is 10.2. The van der Waals surface area contributed by atoms with Gasteiger partial charge in [0.05, 0.1) is 6.61 Å². The van der Waals surface area contributed by atoms with E-state index in [-0.39, 0.29) is 6.09 Å². The molecule has 0 unspecified atom stereocenters. The van der Waals surface area contributed by atoms with Crippen molar-refractivity contribution in [3.05, 3.63) is 53.6 Å². The van der Waals surface area contributed by atoms with Crippen LogP contribution < -0.4 is 4.74 Å². The summed E-state index contributed by atoms with van der Waals surface area (Å²) in [5.41, 5.74) is 5.06. The Kier molecular flexibility index (Phi) is 5.05. The second-order valence-corrected chi connectivity index (χ2v) is 8.92. The molecule has 1 fully saturated rings. The van der Waals surface area contributed by atoms with Crippen molar-refractivity contribution in [1.29, 1.82) is 0 Å². The molecule has 0 radical (unpaired) electrons. The fourth-order valence-electron chi connectivity index (χ4n) is 3.86. The number of ether oxygens (including phenoxy) is 2. The normalized spacial score (nSPS) is 16.5. The zero-order valence-corrected chi connectivity index (χ0v) is 17.0. The highest BCUT2D eigenvalue weighted by molar-refractivity contribution is 5.69. The van der Waals surface area contributed by atoms with Gasteiger partial charge in [-0.2, -0.15) is 0 Å². The summed E-state index contributed by atoms with van der Waals surface area (Å²) in [6.45, 7) is 7.68. The van der Waals surface area contributed by atoms with Crippen LogP contribution in [0, 0.1) is 5.92 Å². The zero-order chi connectivity index (χ0) is 19.7. The minimum atomic E-state index is -0.445. The number of fused-ring (bicyclic) bond motifs is 1. The number of hydrogen-bond donors (Lipinski definition) is 0. The Morgan fingerprint density at radius 1 is 1.00 bits per heavy atom.